The molecule has 2 aliphatic rings. The number of nitrogens with one attached hydrogen (secondary N) is 1. The molecule has 1 aliphatic carbocycles. The molecule has 0 radical (unpaired) electrons. The van der Waals surface area contributed by atoms with Gasteiger partial charge in [-0.25, -0.2) is 0 Å². The average Bonchev–Trinajstić information content (AvgIpc) is 3.16. The second kappa shape index (κ2) is 10.3. The Morgan fingerprint density at radius 1 is 1.21 bits per heavy atom. The molecule has 1 aromatic rings. The van der Waals surface area contributed by atoms with E-state index in [0.717, 1.165) is 24.6 Å². The molecule has 0 bridgehead atoms. The molecule has 1 saturated heterocycles. The summed E-state index contributed by atoms with van der Waals surface area (Å²) >= 11 is 0. The van der Waals surface area contributed by atoms with Crippen molar-refractivity contribution in [2.24, 2.45) is 5.92 Å². The first kappa shape index (κ1) is 26.0. The Bertz CT molecular complexity index is 921. The van der Waals surface area contributed by atoms with Gasteiger partial charge < -0.3 is 19.9 Å². The van der Waals surface area contributed by atoms with E-state index in [1.54, 1.807) is 4.90 Å². The molecule has 0 spiro atoms. The Kier molecular flexibility index (Phi) is 7.90. The molecule has 7 nitrogen and oxygen atoms in total. The van der Waals surface area contributed by atoms with E-state index in [2.05, 4.69) is 24.1 Å². The lowest BCUT2D eigenvalue weighted by Crippen LogP contribution is -2.53. The third-order valence-corrected chi connectivity index (χ3v) is 7.08. The number of carbonyl (C=O) groups excluding carboxylic acids is 3. The minimum Gasteiger partial charge on any atom is -0.469 e. The monoisotopic (exact) mass is 483 g/mol. The van der Waals surface area contributed by atoms with E-state index in [1.807, 2.05) is 7.05 Å². The number of rotatable bonds is 6. The molecule has 1 heterocycles. The van der Waals surface area contributed by atoms with Gasteiger partial charge in [0.15, 0.2) is 0 Å². The van der Waals surface area contributed by atoms with Crippen molar-refractivity contribution in [3.8, 4) is 0 Å². The van der Waals surface area contributed by atoms with Gasteiger partial charge in [0.2, 0.25) is 5.91 Å². The number of esters is 1. The Labute approximate surface area is 197 Å². The van der Waals surface area contributed by atoms with Crippen LogP contribution in [0.25, 0.3) is 0 Å². The number of hydrogen-bond acceptors (Lipinski definition) is 5. The number of halogens is 3. The molecule has 1 aliphatic heterocycles. The summed E-state index contributed by atoms with van der Waals surface area (Å²) in [5, 5.41) is 2.57. The first-order valence-corrected chi connectivity index (χ1v) is 11.5. The topological polar surface area (TPSA) is 79.0 Å². The van der Waals surface area contributed by atoms with Crippen LogP contribution >= 0.6 is 0 Å². The van der Waals surface area contributed by atoms with Crippen LogP contribution in [0.15, 0.2) is 24.3 Å². The Balaban J connectivity index is 1.70. The van der Waals surface area contributed by atoms with Gasteiger partial charge in [-0.3, -0.25) is 14.4 Å². The molecular formula is C24H32F3N3O4. The first-order chi connectivity index (χ1) is 15.9. The summed E-state index contributed by atoms with van der Waals surface area (Å²) < 4.78 is 44.0. The number of nitrogens with zero attached hydrogens (tertiary/aromatic N) is 2. The standard InChI is InChI=1S/C24H32F3N3O4/c1-14(2)29(3)17-8-9-20(18(13-17)23(33)34-4)30-11-10-19(22(30)32)28-21(31)15-6-5-7-16(12-15)24(25,26)27/h5-7,12,14,17-20H,8-11,13H2,1-4H3,(H,28,31)/t17-,18-,19?,20+/m1/s1. The number of likely N-dealkylation sites (tertiary alicyclic amines) is 1. The van der Waals surface area contributed by atoms with Crippen LogP contribution in [0.3, 0.4) is 0 Å². The third kappa shape index (κ3) is 5.54. The number of alkyl halides is 3. The number of amides is 2. The summed E-state index contributed by atoms with van der Waals surface area (Å²) in [5.41, 5.74) is -1.09. The smallest absolute Gasteiger partial charge is 0.416 e. The molecule has 1 saturated carbocycles. The lowest BCUT2D eigenvalue weighted by atomic mass is 9.80. The van der Waals surface area contributed by atoms with Crippen molar-refractivity contribution < 1.29 is 32.3 Å². The van der Waals surface area contributed by atoms with Crippen LogP contribution in [0.2, 0.25) is 0 Å². The van der Waals surface area contributed by atoms with Crippen LogP contribution in [0.1, 0.15) is 55.5 Å². The van der Waals surface area contributed by atoms with Crippen molar-refractivity contribution in [1.29, 1.82) is 0 Å². The number of benzene rings is 1. The third-order valence-electron chi connectivity index (χ3n) is 7.08. The number of methoxy groups -OCH3 is 1. The summed E-state index contributed by atoms with van der Waals surface area (Å²) in [6.07, 6.45) is -2.23. The van der Waals surface area contributed by atoms with E-state index in [4.69, 9.17) is 4.74 Å². The van der Waals surface area contributed by atoms with E-state index >= 15 is 0 Å². The highest BCUT2D eigenvalue weighted by atomic mass is 19.4. The lowest BCUT2D eigenvalue weighted by Gasteiger charge is -2.43. The van der Waals surface area contributed by atoms with Gasteiger partial charge in [-0.05, 0) is 64.8 Å². The van der Waals surface area contributed by atoms with E-state index in [-0.39, 0.29) is 29.5 Å². The summed E-state index contributed by atoms with van der Waals surface area (Å²) in [6, 6.07) is 3.41. The van der Waals surface area contributed by atoms with Crippen molar-refractivity contribution in [3.63, 3.8) is 0 Å². The molecule has 2 fully saturated rings. The SMILES string of the molecule is COC(=O)[C@@H]1C[C@H](N(C)C(C)C)CC[C@@H]1N1CCC(NC(=O)c2cccc(C(F)(F)F)c2)C1=O. The second-order valence-corrected chi connectivity index (χ2v) is 9.35. The molecule has 0 aromatic heterocycles. The molecule has 4 atom stereocenters. The maximum atomic E-state index is 13.1. The lowest BCUT2D eigenvalue weighted by molar-refractivity contribution is -0.152. The average molecular weight is 484 g/mol. The van der Waals surface area contributed by atoms with Gasteiger partial charge in [-0.1, -0.05) is 6.07 Å². The van der Waals surface area contributed by atoms with Gasteiger partial charge in [-0.15, -0.1) is 0 Å². The Hall–Kier alpha value is -2.62. The highest BCUT2D eigenvalue weighted by Gasteiger charge is 2.45. The Morgan fingerprint density at radius 3 is 2.53 bits per heavy atom. The molecule has 34 heavy (non-hydrogen) atoms. The zero-order valence-corrected chi connectivity index (χ0v) is 19.9. The fourth-order valence-electron chi connectivity index (χ4n) is 4.95. The van der Waals surface area contributed by atoms with Crippen molar-refractivity contribution in [3.05, 3.63) is 35.4 Å². The quantitative estimate of drug-likeness (QED) is 0.630. The van der Waals surface area contributed by atoms with Gasteiger partial charge in [0.05, 0.1) is 18.6 Å². The molecule has 3 rings (SSSR count). The van der Waals surface area contributed by atoms with Gasteiger partial charge >= 0.3 is 12.1 Å². The fraction of sp³-hybridized carbons (Fsp3) is 0.625. The zero-order valence-electron chi connectivity index (χ0n) is 19.9. The summed E-state index contributed by atoms with van der Waals surface area (Å²) in [5.74, 6) is -1.91. The highest BCUT2D eigenvalue weighted by molar-refractivity contribution is 5.98. The summed E-state index contributed by atoms with van der Waals surface area (Å²) in [6.45, 7) is 4.52. The summed E-state index contributed by atoms with van der Waals surface area (Å²) in [7, 11) is 3.35. The first-order valence-electron chi connectivity index (χ1n) is 11.5. The second-order valence-electron chi connectivity index (χ2n) is 9.35. The van der Waals surface area contributed by atoms with Crippen LogP contribution < -0.4 is 5.32 Å². The molecular weight excluding hydrogens is 451 g/mol. The van der Waals surface area contributed by atoms with Gasteiger partial charge in [-0.2, -0.15) is 13.2 Å². The normalized spacial score (nSPS) is 25.7. The molecule has 1 N–H and O–H groups in total. The van der Waals surface area contributed by atoms with Crippen molar-refractivity contribution in [2.45, 2.75) is 69.9 Å². The number of carbonyl (C=O) groups is 3. The van der Waals surface area contributed by atoms with E-state index in [1.165, 1.54) is 13.2 Å². The molecule has 10 heteroatoms. The number of hydrogen-bond donors (Lipinski definition) is 1. The largest absolute Gasteiger partial charge is 0.469 e. The fourth-order valence-corrected chi connectivity index (χ4v) is 4.95. The van der Waals surface area contributed by atoms with Crippen molar-refractivity contribution in [1.82, 2.24) is 15.1 Å². The van der Waals surface area contributed by atoms with Crippen LogP contribution in [-0.2, 0) is 20.5 Å². The van der Waals surface area contributed by atoms with Gasteiger partial charge in [0, 0.05) is 30.2 Å². The van der Waals surface area contributed by atoms with Gasteiger partial charge in [0.25, 0.3) is 5.91 Å². The highest BCUT2D eigenvalue weighted by Crippen LogP contribution is 2.35. The summed E-state index contributed by atoms with van der Waals surface area (Å²) in [4.78, 5) is 42.2. The zero-order chi connectivity index (χ0) is 25.2. The molecule has 188 valence electrons. The van der Waals surface area contributed by atoms with Crippen molar-refractivity contribution >= 4 is 17.8 Å². The molecule has 2 amide bonds. The van der Waals surface area contributed by atoms with Crippen LogP contribution in [0.4, 0.5) is 13.2 Å². The van der Waals surface area contributed by atoms with Crippen LogP contribution in [0, 0.1) is 5.92 Å². The maximum Gasteiger partial charge on any atom is 0.416 e. The molecule has 1 aromatic carbocycles. The Morgan fingerprint density at radius 2 is 1.91 bits per heavy atom. The van der Waals surface area contributed by atoms with Gasteiger partial charge in [0.1, 0.15) is 6.04 Å². The minimum atomic E-state index is -4.57. The van der Waals surface area contributed by atoms with Crippen molar-refractivity contribution in [2.75, 3.05) is 20.7 Å². The molecule has 1 unspecified atom stereocenters. The van der Waals surface area contributed by atoms with E-state index < -0.39 is 29.6 Å². The predicted octanol–water partition coefficient (Wildman–Crippen LogP) is 3.09. The van der Waals surface area contributed by atoms with Crippen LogP contribution in [0.5, 0.6) is 0 Å². The minimum absolute atomic E-state index is 0.161. The maximum absolute atomic E-state index is 13.1. The van der Waals surface area contributed by atoms with E-state index in [0.29, 0.717) is 31.8 Å². The predicted molar refractivity (Wildman–Crippen MR) is 119 cm³/mol. The van der Waals surface area contributed by atoms with E-state index in [9.17, 15) is 27.6 Å². The van der Waals surface area contributed by atoms with Crippen LogP contribution in [-0.4, -0.2) is 72.5 Å². The number of ether oxygens (including phenoxy) is 1.